The first kappa shape index (κ1) is 15.0. The second-order valence-electron chi connectivity index (χ2n) is 6.08. The number of carbonyl (C=O) groups excluding carboxylic acids is 1. The van der Waals surface area contributed by atoms with Gasteiger partial charge in [0.05, 0.1) is 5.56 Å². The van der Waals surface area contributed by atoms with E-state index >= 15 is 0 Å². The van der Waals surface area contributed by atoms with Gasteiger partial charge in [0.15, 0.2) is 0 Å². The first-order chi connectivity index (χ1) is 10.6. The fraction of sp³-hybridized carbons (Fsp3) is 0.333. The molecule has 0 bridgehead atoms. The summed E-state index contributed by atoms with van der Waals surface area (Å²) in [5.41, 5.74) is 4.94. The van der Waals surface area contributed by atoms with E-state index in [2.05, 4.69) is 17.2 Å². The van der Waals surface area contributed by atoms with Gasteiger partial charge in [-0.3, -0.25) is 4.79 Å². The third kappa shape index (κ3) is 2.83. The molecule has 0 unspecified atom stereocenters. The Morgan fingerprint density at radius 3 is 2.73 bits per heavy atom. The van der Waals surface area contributed by atoms with E-state index in [1.54, 1.807) is 0 Å². The lowest BCUT2D eigenvalue weighted by molar-refractivity contribution is 0.102. The molecular formula is C18H20N2OS. The predicted octanol–water partition coefficient (Wildman–Crippen LogP) is 4.43. The van der Waals surface area contributed by atoms with E-state index in [1.807, 2.05) is 37.3 Å². The molecule has 0 spiro atoms. The van der Waals surface area contributed by atoms with Crippen molar-refractivity contribution in [2.45, 2.75) is 33.1 Å². The molecule has 1 atom stereocenters. The number of para-hydroxylation sites is 1. The molecule has 2 aromatic rings. The molecule has 1 aromatic carbocycles. The monoisotopic (exact) mass is 312 g/mol. The Morgan fingerprint density at radius 1 is 1.27 bits per heavy atom. The van der Waals surface area contributed by atoms with Gasteiger partial charge in [0.2, 0.25) is 0 Å². The normalized spacial score (nSPS) is 16.9. The Balaban J connectivity index is 2.03. The van der Waals surface area contributed by atoms with Gasteiger partial charge in [-0.2, -0.15) is 0 Å². The molecule has 114 valence electrons. The zero-order valence-corrected chi connectivity index (χ0v) is 13.7. The van der Waals surface area contributed by atoms with Crippen LogP contribution in [0.15, 0.2) is 30.3 Å². The maximum atomic E-state index is 12.7. The number of pyridine rings is 1. The molecule has 0 saturated carbocycles. The Morgan fingerprint density at radius 2 is 2.00 bits per heavy atom. The van der Waals surface area contributed by atoms with Gasteiger partial charge in [0.1, 0.15) is 4.64 Å². The molecular weight excluding hydrogens is 292 g/mol. The topological polar surface area (TPSA) is 44.9 Å². The van der Waals surface area contributed by atoms with Crippen LogP contribution < -0.4 is 5.32 Å². The summed E-state index contributed by atoms with van der Waals surface area (Å²) in [6.07, 6.45) is 3.10. The third-order valence-corrected chi connectivity index (χ3v) is 4.65. The van der Waals surface area contributed by atoms with Gasteiger partial charge in [0, 0.05) is 11.4 Å². The van der Waals surface area contributed by atoms with Crippen LogP contribution >= 0.6 is 12.2 Å². The Bertz CT molecular complexity index is 765. The molecule has 3 rings (SSSR count). The van der Waals surface area contributed by atoms with Crippen LogP contribution in [-0.2, 0) is 12.8 Å². The van der Waals surface area contributed by atoms with Crippen LogP contribution in [0, 0.1) is 17.5 Å². The number of aromatic amines is 1. The van der Waals surface area contributed by atoms with Crippen LogP contribution in [0.1, 0.15) is 40.5 Å². The van der Waals surface area contributed by atoms with Gasteiger partial charge in [-0.1, -0.05) is 37.3 Å². The van der Waals surface area contributed by atoms with Crippen molar-refractivity contribution in [2.24, 2.45) is 5.92 Å². The number of H-pyrrole nitrogens is 1. The van der Waals surface area contributed by atoms with Crippen molar-refractivity contribution in [3.8, 4) is 0 Å². The fourth-order valence-electron chi connectivity index (χ4n) is 3.18. The van der Waals surface area contributed by atoms with E-state index < -0.39 is 0 Å². The average Bonchev–Trinajstić information content (AvgIpc) is 2.47. The van der Waals surface area contributed by atoms with Crippen molar-refractivity contribution in [3.63, 3.8) is 0 Å². The number of rotatable bonds is 2. The molecule has 4 heteroatoms. The smallest absolute Gasteiger partial charge is 0.258 e. The zero-order valence-electron chi connectivity index (χ0n) is 12.9. The molecule has 1 heterocycles. The molecule has 1 aromatic heterocycles. The quantitative estimate of drug-likeness (QED) is 0.806. The standard InChI is InChI=1S/C18H20N2OS/c1-11-8-9-14-12(2)19-18(22)16(15(14)10-11)17(21)20-13-6-4-3-5-7-13/h3-7,11H,8-10H2,1-2H3,(H,19,22)(H,20,21)/t11-/m1/s1. The number of amides is 1. The summed E-state index contributed by atoms with van der Waals surface area (Å²) >= 11 is 5.44. The number of hydrogen-bond acceptors (Lipinski definition) is 2. The van der Waals surface area contributed by atoms with E-state index in [1.165, 1.54) is 5.56 Å². The van der Waals surface area contributed by atoms with E-state index in [4.69, 9.17) is 12.2 Å². The first-order valence-corrected chi connectivity index (χ1v) is 8.08. The van der Waals surface area contributed by atoms with Gasteiger partial charge in [-0.05, 0) is 55.4 Å². The van der Waals surface area contributed by atoms with Gasteiger partial charge < -0.3 is 10.3 Å². The minimum absolute atomic E-state index is 0.113. The lowest BCUT2D eigenvalue weighted by Crippen LogP contribution is -2.22. The predicted molar refractivity (Wildman–Crippen MR) is 91.9 cm³/mol. The molecule has 0 aliphatic heterocycles. The summed E-state index contributed by atoms with van der Waals surface area (Å²) in [6.45, 7) is 4.28. The van der Waals surface area contributed by atoms with Crippen LogP contribution in [0.4, 0.5) is 5.69 Å². The Labute approximate surface area is 135 Å². The lowest BCUT2D eigenvalue weighted by Gasteiger charge is -2.25. The molecule has 0 saturated heterocycles. The van der Waals surface area contributed by atoms with E-state index in [-0.39, 0.29) is 5.91 Å². The number of nitrogens with one attached hydrogen (secondary N) is 2. The summed E-state index contributed by atoms with van der Waals surface area (Å²) in [6, 6.07) is 9.51. The van der Waals surface area contributed by atoms with Gasteiger partial charge in [-0.15, -0.1) is 0 Å². The summed E-state index contributed by atoms with van der Waals surface area (Å²) in [7, 11) is 0. The number of anilines is 1. The number of fused-ring (bicyclic) bond motifs is 1. The Kier molecular flexibility index (Phi) is 4.12. The molecule has 3 nitrogen and oxygen atoms in total. The maximum absolute atomic E-state index is 12.7. The van der Waals surface area contributed by atoms with Crippen molar-refractivity contribution >= 4 is 23.8 Å². The number of carbonyl (C=O) groups is 1. The number of hydrogen-bond donors (Lipinski definition) is 2. The maximum Gasteiger partial charge on any atom is 0.258 e. The van der Waals surface area contributed by atoms with Crippen LogP contribution in [0.25, 0.3) is 0 Å². The highest BCUT2D eigenvalue weighted by Crippen LogP contribution is 2.30. The van der Waals surface area contributed by atoms with Gasteiger partial charge in [0.25, 0.3) is 5.91 Å². The highest BCUT2D eigenvalue weighted by Gasteiger charge is 2.24. The minimum atomic E-state index is -0.113. The van der Waals surface area contributed by atoms with E-state index in [9.17, 15) is 4.79 Å². The second-order valence-corrected chi connectivity index (χ2v) is 6.49. The molecule has 1 aliphatic rings. The van der Waals surface area contributed by atoms with Gasteiger partial charge in [-0.25, -0.2) is 0 Å². The van der Waals surface area contributed by atoms with Crippen LogP contribution in [0.2, 0.25) is 0 Å². The summed E-state index contributed by atoms with van der Waals surface area (Å²) < 4.78 is 0.541. The van der Waals surface area contributed by atoms with E-state index in [0.29, 0.717) is 16.1 Å². The molecule has 0 fully saturated rings. The van der Waals surface area contributed by atoms with Crippen molar-refractivity contribution < 1.29 is 4.79 Å². The number of aryl methyl sites for hydroxylation is 1. The largest absolute Gasteiger partial charge is 0.349 e. The summed E-state index contributed by atoms with van der Waals surface area (Å²) in [5, 5.41) is 2.96. The SMILES string of the molecule is Cc1[nH]c(=S)c(C(=O)Nc2ccccc2)c2c1CC[C@@H](C)C2. The minimum Gasteiger partial charge on any atom is -0.349 e. The number of benzene rings is 1. The highest BCUT2D eigenvalue weighted by atomic mass is 32.1. The summed E-state index contributed by atoms with van der Waals surface area (Å²) in [4.78, 5) is 15.9. The van der Waals surface area contributed by atoms with Crippen LogP contribution in [0.5, 0.6) is 0 Å². The van der Waals surface area contributed by atoms with Crippen molar-refractivity contribution in [2.75, 3.05) is 5.32 Å². The van der Waals surface area contributed by atoms with Gasteiger partial charge >= 0.3 is 0 Å². The molecule has 2 N–H and O–H groups in total. The van der Waals surface area contributed by atoms with E-state index in [0.717, 1.165) is 36.2 Å². The Hall–Kier alpha value is -1.94. The third-order valence-electron chi connectivity index (χ3n) is 4.35. The lowest BCUT2D eigenvalue weighted by atomic mass is 9.82. The van der Waals surface area contributed by atoms with Crippen molar-refractivity contribution in [3.05, 3.63) is 57.4 Å². The molecule has 1 aliphatic carbocycles. The molecule has 0 radical (unpaired) electrons. The first-order valence-electron chi connectivity index (χ1n) is 7.67. The summed E-state index contributed by atoms with van der Waals surface area (Å²) in [5.74, 6) is 0.477. The highest BCUT2D eigenvalue weighted by molar-refractivity contribution is 7.71. The molecule has 22 heavy (non-hydrogen) atoms. The number of aromatic nitrogens is 1. The zero-order chi connectivity index (χ0) is 15.7. The van der Waals surface area contributed by atoms with Crippen LogP contribution in [-0.4, -0.2) is 10.9 Å². The molecule has 1 amide bonds. The van der Waals surface area contributed by atoms with Crippen molar-refractivity contribution in [1.29, 1.82) is 0 Å². The second kappa shape index (κ2) is 6.05. The van der Waals surface area contributed by atoms with Crippen molar-refractivity contribution in [1.82, 2.24) is 4.98 Å². The van der Waals surface area contributed by atoms with Crippen LogP contribution in [0.3, 0.4) is 0 Å². The average molecular weight is 312 g/mol. The fourth-order valence-corrected chi connectivity index (χ4v) is 3.55.